The molecule has 0 saturated heterocycles. The SMILES string of the molecule is COc1cc(F)ccc1Oc1nnc(C(F)(F)F)c(OC)c1C(=O)Nc1cccc(S(C)(=N)=O)c1. The van der Waals surface area contributed by atoms with Crippen LogP contribution in [0.4, 0.5) is 23.2 Å². The minimum Gasteiger partial charge on any atom is -0.493 e. The molecule has 1 amide bonds. The molecule has 1 unspecified atom stereocenters. The summed E-state index contributed by atoms with van der Waals surface area (Å²) in [5, 5.41) is 8.87. The Morgan fingerprint density at radius 3 is 2.37 bits per heavy atom. The quantitative estimate of drug-likeness (QED) is 0.437. The number of methoxy groups -OCH3 is 2. The highest BCUT2D eigenvalue weighted by Crippen LogP contribution is 2.41. The summed E-state index contributed by atoms with van der Waals surface area (Å²) in [4.78, 5) is 13.2. The van der Waals surface area contributed by atoms with Gasteiger partial charge in [0.05, 0.1) is 23.9 Å². The molecule has 0 radical (unpaired) electrons. The third-order valence-electron chi connectivity index (χ3n) is 4.47. The standard InChI is InChI=1S/C21H18F4N4O5S/c1-32-15-9-11(22)7-8-14(15)34-20-16(17(33-2)18(28-29-20)21(23,24)25)19(30)27-12-5-4-6-13(10-12)35(3,26)31/h4-10,26H,1-3H3,(H,27,30). The highest BCUT2D eigenvalue weighted by Gasteiger charge is 2.41. The van der Waals surface area contributed by atoms with Crippen molar-refractivity contribution in [3.05, 3.63) is 59.5 Å². The zero-order chi connectivity index (χ0) is 26.0. The van der Waals surface area contributed by atoms with Gasteiger partial charge < -0.3 is 19.5 Å². The number of carbonyl (C=O) groups is 1. The maximum Gasteiger partial charge on any atom is 0.438 e. The first kappa shape index (κ1) is 25.7. The molecule has 1 heterocycles. The number of rotatable bonds is 7. The van der Waals surface area contributed by atoms with Crippen LogP contribution in [0.2, 0.25) is 0 Å². The maximum absolute atomic E-state index is 13.5. The van der Waals surface area contributed by atoms with Crippen LogP contribution in [0.1, 0.15) is 16.1 Å². The zero-order valence-electron chi connectivity index (χ0n) is 18.4. The first-order chi connectivity index (χ1) is 16.3. The second-order valence-corrected chi connectivity index (χ2v) is 9.14. The minimum atomic E-state index is -5.03. The normalized spacial score (nSPS) is 13.0. The maximum atomic E-state index is 13.5. The van der Waals surface area contributed by atoms with Gasteiger partial charge in [-0.2, -0.15) is 13.2 Å². The van der Waals surface area contributed by atoms with Gasteiger partial charge in [0, 0.05) is 22.9 Å². The number of hydrogen-bond acceptors (Lipinski definition) is 8. The second kappa shape index (κ2) is 9.74. The van der Waals surface area contributed by atoms with Crippen molar-refractivity contribution in [1.29, 1.82) is 4.78 Å². The second-order valence-electron chi connectivity index (χ2n) is 6.98. The smallest absolute Gasteiger partial charge is 0.438 e. The molecule has 0 aliphatic heterocycles. The molecule has 9 nitrogen and oxygen atoms in total. The Bertz CT molecular complexity index is 1380. The summed E-state index contributed by atoms with van der Waals surface area (Å²) in [6, 6.07) is 8.50. The van der Waals surface area contributed by atoms with Crippen LogP contribution in [0.5, 0.6) is 23.1 Å². The summed E-state index contributed by atoms with van der Waals surface area (Å²) in [6.45, 7) is 0. The number of carbonyl (C=O) groups excluding carboxylic acids is 1. The molecule has 0 aliphatic carbocycles. The average molecular weight is 514 g/mol. The van der Waals surface area contributed by atoms with Crippen molar-refractivity contribution in [2.24, 2.45) is 0 Å². The summed E-state index contributed by atoms with van der Waals surface area (Å²) in [6.07, 6.45) is -3.86. The number of hydrogen-bond donors (Lipinski definition) is 2. The monoisotopic (exact) mass is 514 g/mol. The number of nitrogens with zero attached hydrogens (tertiary/aromatic N) is 2. The van der Waals surface area contributed by atoms with Crippen molar-refractivity contribution >= 4 is 21.3 Å². The number of alkyl halides is 3. The van der Waals surface area contributed by atoms with Crippen molar-refractivity contribution in [3.8, 4) is 23.1 Å². The van der Waals surface area contributed by atoms with Gasteiger partial charge in [-0.25, -0.2) is 13.4 Å². The number of anilines is 1. The Morgan fingerprint density at radius 2 is 1.77 bits per heavy atom. The van der Waals surface area contributed by atoms with Crippen LogP contribution < -0.4 is 19.5 Å². The van der Waals surface area contributed by atoms with Crippen LogP contribution in [0, 0.1) is 10.6 Å². The van der Waals surface area contributed by atoms with E-state index in [-0.39, 0.29) is 22.1 Å². The molecule has 0 bridgehead atoms. The largest absolute Gasteiger partial charge is 0.493 e. The lowest BCUT2D eigenvalue weighted by molar-refractivity contribution is -0.143. The number of amides is 1. The van der Waals surface area contributed by atoms with Gasteiger partial charge in [0.25, 0.3) is 11.8 Å². The molecule has 0 saturated carbocycles. The van der Waals surface area contributed by atoms with Crippen molar-refractivity contribution in [1.82, 2.24) is 10.2 Å². The van der Waals surface area contributed by atoms with Gasteiger partial charge in [-0.05, 0) is 30.3 Å². The first-order valence-corrected chi connectivity index (χ1v) is 11.5. The lowest BCUT2D eigenvalue weighted by Gasteiger charge is -2.17. The highest BCUT2D eigenvalue weighted by atomic mass is 32.2. The molecule has 2 N–H and O–H groups in total. The van der Waals surface area contributed by atoms with E-state index in [0.717, 1.165) is 25.3 Å². The van der Waals surface area contributed by atoms with E-state index in [1.54, 1.807) is 0 Å². The van der Waals surface area contributed by atoms with Gasteiger partial charge in [-0.15, -0.1) is 10.2 Å². The van der Waals surface area contributed by atoms with Crippen LogP contribution >= 0.6 is 0 Å². The van der Waals surface area contributed by atoms with E-state index in [1.165, 1.54) is 37.6 Å². The summed E-state index contributed by atoms with van der Waals surface area (Å²) in [5.74, 6) is -3.77. The van der Waals surface area contributed by atoms with Crippen molar-refractivity contribution in [3.63, 3.8) is 0 Å². The first-order valence-electron chi connectivity index (χ1n) is 9.53. The Balaban J connectivity index is 2.14. The van der Waals surface area contributed by atoms with Gasteiger partial charge in [0.2, 0.25) is 5.69 Å². The Hall–Kier alpha value is -3.94. The van der Waals surface area contributed by atoms with Crippen LogP contribution in [-0.2, 0) is 15.9 Å². The molecule has 14 heteroatoms. The van der Waals surface area contributed by atoms with E-state index < -0.39 is 50.5 Å². The highest BCUT2D eigenvalue weighted by molar-refractivity contribution is 7.91. The number of nitrogens with one attached hydrogen (secondary N) is 2. The van der Waals surface area contributed by atoms with E-state index in [4.69, 9.17) is 19.0 Å². The molecule has 186 valence electrons. The Labute approximate surface area is 197 Å². The van der Waals surface area contributed by atoms with Gasteiger partial charge >= 0.3 is 6.18 Å². The van der Waals surface area contributed by atoms with Gasteiger partial charge in [0.1, 0.15) is 11.4 Å². The molecule has 1 atom stereocenters. The summed E-state index contributed by atoms with van der Waals surface area (Å²) >= 11 is 0. The van der Waals surface area contributed by atoms with Crippen LogP contribution in [0.15, 0.2) is 47.4 Å². The molecular formula is C21H18F4N4O5S. The molecule has 0 fully saturated rings. The third-order valence-corrected chi connectivity index (χ3v) is 5.62. The minimum absolute atomic E-state index is 0.0343. The van der Waals surface area contributed by atoms with E-state index in [1.807, 2.05) is 0 Å². The van der Waals surface area contributed by atoms with E-state index in [0.29, 0.717) is 0 Å². The average Bonchev–Trinajstić information content (AvgIpc) is 2.78. The number of aromatic nitrogens is 2. The predicted molar refractivity (Wildman–Crippen MR) is 116 cm³/mol. The van der Waals surface area contributed by atoms with E-state index in [9.17, 15) is 26.6 Å². The van der Waals surface area contributed by atoms with Crippen LogP contribution in [0.25, 0.3) is 0 Å². The molecule has 0 aliphatic rings. The fraction of sp³-hybridized carbons (Fsp3) is 0.190. The number of halogens is 4. The van der Waals surface area contributed by atoms with Gasteiger partial charge in [-0.1, -0.05) is 6.07 Å². The fourth-order valence-corrected chi connectivity index (χ4v) is 3.59. The Morgan fingerprint density at radius 1 is 1.06 bits per heavy atom. The number of benzene rings is 2. The van der Waals surface area contributed by atoms with E-state index in [2.05, 4.69) is 15.5 Å². The summed E-state index contributed by atoms with van der Waals surface area (Å²) in [5.41, 5.74) is -2.32. The third kappa shape index (κ3) is 5.77. The summed E-state index contributed by atoms with van der Waals surface area (Å²) < 4.78 is 89.2. The van der Waals surface area contributed by atoms with Gasteiger partial charge in [-0.3, -0.25) is 4.79 Å². The molecule has 0 spiro atoms. The van der Waals surface area contributed by atoms with Crippen molar-refractivity contribution < 1.29 is 40.8 Å². The van der Waals surface area contributed by atoms with Crippen LogP contribution in [0.3, 0.4) is 0 Å². The molecule has 35 heavy (non-hydrogen) atoms. The van der Waals surface area contributed by atoms with E-state index >= 15 is 0 Å². The molecule has 3 rings (SSSR count). The molecular weight excluding hydrogens is 496 g/mol. The van der Waals surface area contributed by atoms with Gasteiger partial charge in [0.15, 0.2) is 17.2 Å². The van der Waals surface area contributed by atoms with Crippen LogP contribution in [-0.4, -0.2) is 40.8 Å². The summed E-state index contributed by atoms with van der Waals surface area (Å²) in [7, 11) is -1.03. The molecule has 1 aromatic heterocycles. The zero-order valence-corrected chi connectivity index (χ0v) is 19.2. The molecule has 2 aromatic carbocycles. The topological polar surface area (TPSA) is 123 Å². The lowest BCUT2D eigenvalue weighted by Crippen LogP contribution is -2.20. The van der Waals surface area contributed by atoms with Crippen molar-refractivity contribution in [2.45, 2.75) is 11.1 Å². The fourth-order valence-electron chi connectivity index (χ4n) is 2.90. The van der Waals surface area contributed by atoms with Crippen molar-refractivity contribution in [2.75, 3.05) is 25.8 Å². The Kier molecular flexibility index (Phi) is 7.14. The molecule has 3 aromatic rings. The lowest BCUT2D eigenvalue weighted by atomic mass is 10.2. The number of ether oxygens (including phenoxy) is 3. The predicted octanol–water partition coefficient (Wildman–Crippen LogP) is 4.73.